The molecule has 0 spiro atoms. The smallest absolute Gasteiger partial charge is 0.0482 e. The lowest BCUT2D eigenvalue weighted by molar-refractivity contribution is 0.148. The van der Waals surface area contributed by atoms with Crippen LogP contribution in [0, 0.1) is 5.41 Å². The number of aliphatic hydroxyl groups is 1. The zero-order chi connectivity index (χ0) is 11.3. The molecule has 1 N–H and O–H groups in total. The van der Waals surface area contributed by atoms with E-state index < -0.39 is 0 Å². The molecule has 1 aromatic carbocycles. The van der Waals surface area contributed by atoms with E-state index in [4.69, 9.17) is 5.11 Å². The van der Waals surface area contributed by atoms with Gasteiger partial charge in [0.15, 0.2) is 0 Å². The second-order valence-corrected chi connectivity index (χ2v) is 5.72. The second kappa shape index (κ2) is 5.66. The fourth-order valence-electron chi connectivity index (χ4n) is 1.50. The quantitative estimate of drug-likeness (QED) is 0.863. The summed E-state index contributed by atoms with van der Waals surface area (Å²) in [6.45, 7) is 4.48. The monoisotopic (exact) mass is 270 g/mol. The molecule has 84 valence electrons. The Kier molecular flexibility index (Phi) is 4.81. The molecule has 0 radical (unpaired) electrons. The summed E-state index contributed by atoms with van der Waals surface area (Å²) in [5.41, 5.74) is 1.43. The molecular formula is C13H19BrO. The Balaban J connectivity index is 2.35. The summed E-state index contributed by atoms with van der Waals surface area (Å²) in [6, 6.07) is 8.45. The van der Waals surface area contributed by atoms with Gasteiger partial charge in [0.25, 0.3) is 0 Å². The molecule has 0 saturated heterocycles. The van der Waals surface area contributed by atoms with Crippen LogP contribution in [0.4, 0.5) is 0 Å². The van der Waals surface area contributed by atoms with Gasteiger partial charge in [-0.05, 0) is 42.4 Å². The molecule has 1 aromatic rings. The third-order valence-electron chi connectivity index (χ3n) is 2.66. The number of halogens is 1. The van der Waals surface area contributed by atoms with Crippen LogP contribution in [0.15, 0.2) is 28.7 Å². The molecule has 2 heteroatoms. The maximum atomic E-state index is 9.12. The highest BCUT2D eigenvalue weighted by Gasteiger charge is 2.15. The summed E-state index contributed by atoms with van der Waals surface area (Å²) in [4.78, 5) is 0. The van der Waals surface area contributed by atoms with Crippen LogP contribution in [-0.4, -0.2) is 11.7 Å². The van der Waals surface area contributed by atoms with Crippen molar-refractivity contribution in [3.63, 3.8) is 0 Å². The predicted molar refractivity (Wildman–Crippen MR) is 67.9 cm³/mol. The molecule has 1 nitrogen and oxygen atoms in total. The fourth-order valence-corrected chi connectivity index (χ4v) is 1.77. The third-order valence-corrected chi connectivity index (χ3v) is 3.19. The minimum atomic E-state index is 0.0648. The van der Waals surface area contributed by atoms with E-state index in [2.05, 4.69) is 54.0 Å². The standard InChI is InChI=1S/C13H19BrO/c1-13(2,10-15)9-3-4-11-5-7-12(14)8-6-11/h5-8,15H,3-4,9-10H2,1-2H3. The van der Waals surface area contributed by atoms with E-state index in [0.29, 0.717) is 0 Å². The Bertz CT molecular complexity index is 290. The van der Waals surface area contributed by atoms with E-state index >= 15 is 0 Å². The lowest BCUT2D eigenvalue weighted by Crippen LogP contribution is -2.16. The number of benzene rings is 1. The number of aryl methyl sites for hydroxylation is 1. The Hall–Kier alpha value is -0.340. The van der Waals surface area contributed by atoms with Gasteiger partial charge in [-0.3, -0.25) is 0 Å². The van der Waals surface area contributed by atoms with Gasteiger partial charge in [-0.1, -0.05) is 41.9 Å². The van der Waals surface area contributed by atoms with Crippen molar-refractivity contribution in [3.8, 4) is 0 Å². The summed E-state index contributed by atoms with van der Waals surface area (Å²) in [7, 11) is 0. The number of rotatable bonds is 5. The van der Waals surface area contributed by atoms with Gasteiger partial charge in [0.05, 0.1) is 0 Å². The van der Waals surface area contributed by atoms with Crippen LogP contribution in [0.25, 0.3) is 0 Å². The average Bonchev–Trinajstić information content (AvgIpc) is 2.21. The maximum Gasteiger partial charge on any atom is 0.0482 e. The van der Waals surface area contributed by atoms with Crippen LogP contribution in [0.1, 0.15) is 32.3 Å². The van der Waals surface area contributed by atoms with Crippen molar-refractivity contribution in [1.29, 1.82) is 0 Å². The van der Waals surface area contributed by atoms with Gasteiger partial charge in [-0.25, -0.2) is 0 Å². The van der Waals surface area contributed by atoms with Gasteiger partial charge in [0.2, 0.25) is 0 Å². The topological polar surface area (TPSA) is 20.2 Å². The van der Waals surface area contributed by atoms with Crippen molar-refractivity contribution in [2.45, 2.75) is 33.1 Å². The average molecular weight is 271 g/mol. The molecule has 1 rings (SSSR count). The lowest BCUT2D eigenvalue weighted by atomic mass is 9.87. The van der Waals surface area contributed by atoms with Crippen molar-refractivity contribution < 1.29 is 5.11 Å². The van der Waals surface area contributed by atoms with Crippen LogP contribution in [0.2, 0.25) is 0 Å². The molecular weight excluding hydrogens is 252 g/mol. The Morgan fingerprint density at radius 2 is 1.80 bits per heavy atom. The first-order valence-corrected chi connectivity index (χ1v) is 6.18. The first-order valence-electron chi connectivity index (χ1n) is 5.39. The molecule has 0 saturated carbocycles. The van der Waals surface area contributed by atoms with Gasteiger partial charge in [-0.15, -0.1) is 0 Å². The zero-order valence-electron chi connectivity index (χ0n) is 9.46. The van der Waals surface area contributed by atoms with Gasteiger partial charge in [-0.2, -0.15) is 0 Å². The Morgan fingerprint density at radius 3 is 2.33 bits per heavy atom. The second-order valence-electron chi connectivity index (χ2n) is 4.80. The van der Waals surface area contributed by atoms with Crippen LogP contribution in [0.5, 0.6) is 0 Å². The van der Waals surface area contributed by atoms with Gasteiger partial charge >= 0.3 is 0 Å². The highest BCUT2D eigenvalue weighted by Crippen LogP contribution is 2.22. The van der Waals surface area contributed by atoms with Crippen molar-refractivity contribution in [2.24, 2.45) is 5.41 Å². The van der Waals surface area contributed by atoms with Gasteiger partial charge in [0, 0.05) is 11.1 Å². The van der Waals surface area contributed by atoms with E-state index in [9.17, 15) is 0 Å². The molecule has 0 aliphatic rings. The first-order chi connectivity index (χ1) is 7.03. The molecule has 15 heavy (non-hydrogen) atoms. The fraction of sp³-hybridized carbons (Fsp3) is 0.538. The molecule has 0 amide bonds. The molecule has 0 aliphatic carbocycles. The third kappa shape index (κ3) is 4.80. The molecule has 0 unspecified atom stereocenters. The van der Waals surface area contributed by atoms with E-state index in [1.165, 1.54) is 5.56 Å². The van der Waals surface area contributed by atoms with E-state index in [-0.39, 0.29) is 12.0 Å². The summed E-state index contributed by atoms with van der Waals surface area (Å²) < 4.78 is 1.13. The maximum absolute atomic E-state index is 9.12. The largest absolute Gasteiger partial charge is 0.396 e. The predicted octanol–water partition coefficient (Wildman–Crippen LogP) is 3.79. The van der Waals surface area contributed by atoms with Crippen LogP contribution in [-0.2, 0) is 6.42 Å². The zero-order valence-corrected chi connectivity index (χ0v) is 11.0. The highest BCUT2D eigenvalue weighted by atomic mass is 79.9. The highest BCUT2D eigenvalue weighted by molar-refractivity contribution is 9.10. The first kappa shape index (κ1) is 12.7. The lowest BCUT2D eigenvalue weighted by Gasteiger charge is -2.21. The minimum Gasteiger partial charge on any atom is -0.396 e. The number of hydrogen-bond donors (Lipinski definition) is 1. The van der Waals surface area contributed by atoms with Crippen molar-refractivity contribution in [3.05, 3.63) is 34.3 Å². The summed E-state index contributed by atoms with van der Waals surface area (Å²) >= 11 is 3.42. The van der Waals surface area contributed by atoms with Crippen LogP contribution < -0.4 is 0 Å². The SMILES string of the molecule is CC(C)(CO)CCCc1ccc(Br)cc1. The summed E-state index contributed by atoms with van der Waals surface area (Å²) in [5.74, 6) is 0. The van der Waals surface area contributed by atoms with Gasteiger partial charge < -0.3 is 5.11 Å². The van der Waals surface area contributed by atoms with Crippen molar-refractivity contribution in [1.82, 2.24) is 0 Å². The molecule has 0 aliphatic heterocycles. The number of hydrogen-bond acceptors (Lipinski definition) is 1. The van der Waals surface area contributed by atoms with Crippen molar-refractivity contribution in [2.75, 3.05) is 6.61 Å². The van der Waals surface area contributed by atoms with E-state index in [1.807, 2.05) is 0 Å². The summed E-state index contributed by atoms with van der Waals surface area (Å²) in [5, 5.41) is 9.12. The molecule has 0 heterocycles. The van der Waals surface area contributed by atoms with Crippen LogP contribution >= 0.6 is 15.9 Å². The Labute approximate surface area is 101 Å². The summed E-state index contributed by atoms with van der Waals surface area (Å²) in [6.07, 6.45) is 3.30. The van der Waals surface area contributed by atoms with Crippen molar-refractivity contribution >= 4 is 15.9 Å². The minimum absolute atomic E-state index is 0.0648. The normalized spacial score (nSPS) is 11.7. The number of aliphatic hydroxyl groups excluding tert-OH is 1. The Morgan fingerprint density at radius 1 is 1.20 bits per heavy atom. The molecule has 0 aromatic heterocycles. The molecule has 0 fully saturated rings. The van der Waals surface area contributed by atoms with E-state index in [0.717, 1.165) is 23.7 Å². The van der Waals surface area contributed by atoms with Gasteiger partial charge in [0.1, 0.15) is 0 Å². The van der Waals surface area contributed by atoms with E-state index in [1.54, 1.807) is 0 Å². The molecule has 0 bridgehead atoms. The molecule has 0 atom stereocenters. The van der Waals surface area contributed by atoms with Crippen LogP contribution in [0.3, 0.4) is 0 Å².